The molecule has 14 heteroatoms. The Morgan fingerprint density at radius 2 is 0.855 bits per heavy atom. The van der Waals surface area contributed by atoms with Gasteiger partial charge in [0.2, 0.25) is 12.6 Å². The van der Waals surface area contributed by atoms with Crippen molar-refractivity contribution >= 4 is 11.9 Å². The molecule has 0 bridgehead atoms. The third-order valence-electron chi connectivity index (χ3n) is 9.77. The minimum atomic E-state index is -0.732. The second-order valence-corrected chi connectivity index (χ2v) is 14.7. The molecule has 62 heavy (non-hydrogen) atoms. The van der Waals surface area contributed by atoms with Gasteiger partial charge in [-0.25, -0.2) is 29.5 Å². The number of rotatable bonds is 30. The van der Waals surface area contributed by atoms with Crippen LogP contribution >= 0.6 is 0 Å². The monoisotopic (exact) mass is 852 g/mol. The van der Waals surface area contributed by atoms with Crippen molar-refractivity contribution in [2.75, 3.05) is 39.6 Å². The topological polar surface area (TPSA) is 160 Å². The predicted molar refractivity (Wildman–Crippen MR) is 233 cm³/mol. The highest BCUT2D eigenvalue weighted by atomic mass is 16.8. The summed E-state index contributed by atoms with van der Waals surface area (Å²) in [7, 11) is 0. The van der Waals surface area contributed by atoms with E-state index in [1.54, 1.807) is 24.8 Å². The molecule has 2 aromatic carbocycles. The molecular weight excluding hydrogens is 793 g/mol. The maximum absolute atomic E-state index is 11.1. The van der Waals surface area contributed by atoms with Gasteiger partial charge in [0.1, 0.15) is 11.5 Å². The van der Waals surface area contributed by atoms with Crippen molar-refractivity contribution in [2.45, 2.75) is 103 Å². The summed E-state index contributed by atoms with van der Waals surface area (Å²) >= 11 is 0. The van der Waals surface area contributed by atoms with E-state index in [0.717, 1.165) is 111 Å². The molecule has 14 nitrogen and oxygen atoms in total. The van der Waals surface area contributed by atoms with Crippen LogP contribution in [-0.4, -0.2) is 84.1 Å². The molecule has 0 unspecified atom stereocenters. The van der Waals surface area contributed by atoms with E-state index in [4.69, 9.17) is 37.9 Å². The fourth-order valence-corrected chi connectivity index (χ4v) is 6.32. The summed E-state index contributed by atoms with van der Waals surface area (Å²) < 4.78 is 45.6. The first-order chi connectivity index (χ1) is 30.5. The van der Waals surface area contributed by atoms with Crippen LogP contribution in [0, 0.1) is 0 Å². The van der Waals surface area contributed by atoms with E-state index in [1.165, 1.54) is 12.2 Å². The van der Waals surface area contributed by atoms with Crippen LogP contribution in [0.3, 0.4) is 0 Å². The zero-order valence-corrected chi connectivity index (χ0v) is 35.7. The van der Waals surface area contributed by atoms with Gasteiger partial charge in [-0.15, -0.1) is 0 Å². The molecule has 4 aromatic rings. The molecule has 2 atom stereocenters. The lowest BCUT2D eigenvalue weighted by molar-refractivity contribution is -0.326. The average Bonchev–Trinajstić information content (AvgIpc) is 3.32. The molecule has 332 valence electrons. The van der Waals surface area contributed by atoms with Crippen molar-refractivity contribution in [1.82, 2.24) is 19.9 Å². The van der Waals surface area contributed by atoms with Gasteiger partial charge in [-0.05, 0) is 74.2 Å². The van der Waals surface area contributed by atoms with Crippen LogP contribution in [0.1, 0.15) is 88.2 Å². The van der Waals surface area contributed by atoms with E-state index in [2.05, 4.69) is 33.1 Å². The predicted octanol–water partition coefficient (Wildman–Crippen LogP) is 8.93. The fraction of sp³-hybridized carbons (Fsp3) is 0.458. The number of esters is 2. The van der Waals surface area contributed by atoms with Crippen LogP contribution in [0.15, 0.2) is 98.6 Å². The minimum absolute atomic E-state index is 0.215. The van der Waals surface area contributed by atoms with Crippen molar-refractivity contribution in [3.63, 3.8) is 0 Å². The summed E-state index contributed by atoms with van der Waals surface area (Å²) in [6.07, 6.45) is 20.3. The maximum Gasteiger partial charge on any atom is 0.330 e. The zero-order valence-electron chi connectivity index (χ0n) is 35.7. The number of carbonyl (C=O) groups excluding carboxylic acids is 2. The standard InChI is InChI=1S/C48H60N4O10/c1-3-43(53)57-27-15-11-7-5-9-13-25-55-41-21-17-39(18-22-41)45-49-31-37(32-50-45)35-61-47-48(60-30-29-59-47)62-36-38-33-51-46(52-34-38)40-19-23-42(24-20-40)56-26-14-10-6-8-12-16-28-58-44(54)4-2/h3-4,17-24,31-34,47-48H,1-2,5-16,25-30,35-36H2/t47-,48-/m0/s1. The number of hydrogen-bond acceptors (Lipinski definition) is 14. The molecule has 1 saturated heterocycles. The molecule has 0 N–H and O–H groups in total. The number of hydrogen-bond donors (Lipinski definition) is 0. The third-order valence-corrected chi connectivity index (χ3v) is 9.77. The van der Waals surface area contributed by atoms with Crippen LogP contribution in [0.5, 0.6) is 11.5 Å². The maximum atomic E-state index is 11.1. The van der Waals surface area contributed by atoms with Gasteiger partial charge in [0, 0.05) is 59.2 Å². The number of nitrogens with zero attached hydrogens (tertiary/aromatic N) is 4. The van der Waals surface area contributed by atoms with Gasteiger partial charge in [-0.2, -0.15) is 0 Å². The Morgan fingerprint density at radius 1 is 0.516 bits per heavy atom. The Kier molecular flexibility index (Phi) is 21.6. The number of carbonyl (C=O) groups is 2. The van der Waals surface area contributed by atoms with Gasteiger partial charge in [0.15, 0.2) is 11.6 Å². The summed E-state index contributed by atoms with van der Waals surface area (Å²) in [5.74, 6) is 2.09. The minimum Gasteiger partial charge on any atom is -0.494 e. The number of benzene rings is 2. The molecule has 1 aliphatic heterocycles. The Balaban J connectivity index is 0.943. The quantitative estimate of drug-likeness (QED) is 0.0278. The van der Waals surface area contributed by atoms with Gasteiger partial charge >= 0.3 is 11.9 Å². The molecule has 2 aromatic heterocycles. The number of aromatic nitrogens is 4. The molecule has 1 fully saturated rings. The molecule has 5 rings (SSSR count). The van der Waals surface area contributed by atoms with Gasteiger partial charge in [-0.3, -0.25) is 0 Å². The first kappa shape index (κ1) is 47.5. The van der Waals surface area contributed by atoms with Crippen LogP contribution in [0.2, 0.25) is 0 Å². The van der Waals surface area contributed by atoms with Crippen LogP contribution in [-0.2, 0) is 51.2 Å². The summed E-state index contributed by atoms with van der Waals surface area (Å²) in [6.45, 7) is 10.2. The summed E-state index contributed by atoms with van der Waals surface area (Å²) in [5.41, 5.74) is 3.34. The summed E-state index contributed by atoms with van der Waals surface area (Å²) in [5, 5.41) is 0. The van der Waals surface area contributed by atoms with Gasteiger partial charge < -0.3 is 37.9 Å². The van der Waals surface area contributed by atoms with E-state index in [9.17, 15) is 9.59 Å². The summed E-state index contributed by atoms with van der Waals surface area (Å²) in [4.78, 5) is 40.3. The highest BCUT2D eigenvalue weighted by Gasteiger charge is 2.29. The number of unbranched alkanes of at least 4 members (excludes halogenated alkanes) is 10. The SMILES string of the molecule is C=CC(=O)OCCCCCCCCOc1ccc(-c2ncc(CO[C@@H]3OCCO[C@H]3OCc3cnc(-c4ccc(OCCCCCCCCOC(=O)C=C)cc4)nc3)cn2)cc1. The van der Waals surface area contributed by atoms with E-state index in [1.807, 2.05) is 48.5 Å². The highest BCUT2D eigenvalue weighted by Crippen LogP contribution is 2.23. The average molecular weight is 853 g/mol. The molecule has 0 saturated carbocycles. The largest absolute Gasteiger partial charge is 0.494 e. The van der Waals surface area contributed by atoms with Gasteiger partial charge in [0.05, 0.1) is 52.9 Å². The van der Waals surface area contributed by atoms with Crippen molar-refractivity contribution < 1.29 is 47.5 Å². The van der Waals surface area contributed by atoms with Gasteiger partial charge in [-0.1, -0.05) is 64.5 Å². The van der Waals surface area contributed by atoms with Crippen LogP contribution in [0.4, 0.5) is 0 Å². The molecule has 1 aliphatic rings. The molecule has 0 spiro atoms. The second kappa shape index (κ2) is 28.1. The van der Waals surface area contributed by atoms with E-state index < -0.39 is 12.6 Å². The first-order valence-corrected chi connectivity index (χ1v) is 21.6. The first-order valence-electron chi connectivity index (χ1n) is 21.6. The zero-order chi connectivity index (χ0) is 43.5. The lowest BCUT2D eigenvalue weighted by Gasteiger charge is -2.31. The third kappa shape index (κ3) is 17.8. The van der Waals surface area contributed by atoms with Crippen molar-refractivity contribution in [2.24, 2.45) is 0 Å². The van der Waals surface area contributed by atoms with E-state index >= 15 is 0 Å². The molecule has 0 radical (unpaired) electrons. The van der Waals surface area contributed by atoms with Crippen LogP contribution in [0.25, 0.3) is 22.8 Å². The molecule has 0 aliphatic carbocycles. The normalized spacial score (nSPS) is 14.8. The van der Waals surface area contributed by atoms with Crippen molar-refractivity contribution in [3.05, 3.63) is 110 Å². The lowest BCUT2D eigenvalue weighted by Crippen LogP contribution is -2.41. The van der Waals surface area contributed by atoms with Crippen molar-refractivity contribution in [1.29, 1.82) is 0 Å². The molecule has 0 amide bonds. The smallest absolute Gasteiger partial charge is 0.330 e. The Bertz CT molecular complexity index is 1750. The Morgan fingerprint density at radius 3 is 1.21 bits per heavy atom. The van der Waals surface area contributed by atoms with E-state index in [0.29, 0.717) is 51.3 Å². The second-order valence-electron chi connectivity index (χ2n) is 14.7. The van der Waals surface area contributed by atoms with Crippen LogP contribution < -0.4 is 9.47 Å². The lowest BCUT2D eigenvalue weighted by atomic mass is 10.1. The highest BCUT2D eigenvalue weighted by molar-refractivity contribution is 5.81. The summed E-state index contributed by atoms with van der Waals surface area (Å²) in [6, 6.07) is 15.5. The fourth-order valence-electron chi connectivity index (χ4n) is 6.32. The van der Waals surface area contributed by atoms with E-state index in [-0.39, 0.29) is 25.2 Å². The Labute approximate surface area is 365 Å². The Hall–Kier alpha value is -5.54. The molecular formula is C48H60N4O10. The molecule has 3 heterocycles. The van der Waals surface area contributed by atoms with Crippen molar-refractivity contribution in [3.8, 4) is 34.3 Å². The van der Waals surface area contributed by atoms with Gasteiger partial charge in [0.25, 0.3) is 0 Å². The number of ether oxygens (including phenoxy) is 8.